The Bertz CT molecular complexity index is 358. The van der Waals surface area contributed by atoms with E-state index in [1.54, 1.807) is 0 Å². The fourth-order valence-corrected chi connectivity index (χ4v) is 3.01. The van der Waals surface area contributed by atoms with Crippen LogP contribution in [0.5, 0.6) is 0 Å². The molecule has 2 atom stereocenters. The zero-order chi connectivity index (χ0) is 12.8. The normalized spacial score (nSPS) is 30.3. The summed E-state index contributed by atoms with van der Waals surface area (Å²) in [5.41, 5.74) is 1.36. The molecule has 2 heteroatoms. The SMILES string of the molecule is CC(C)(C)C(=O)OCC1=CC[C@@H]2CC1C2(C)C. The number of hydrogen-bond donors (Lipinski definition) is 0. The van der Waals surface area contributed by atoms with E-state index in [-0.39, 0.29) is 5.97 Å². The molecule has 2 bridgehead atoms. The molecule has 0 aromatic rings. The van der Waals surface area contributed by atoms with Crippen molar-refractivity contribution in [1.82, 2.24) is 0 Å². The first kappa shape index (κ1) is 12.7. The number of allylic oxidation sites excluding steroid dienone is 1. The maximum atomic E-state index is 11.7. The largest absolute Gasteiger partial charge is 0.461 e. The van der Waals surface area contributed by atoms with Crippen LogP contribution in [0.4, 0.5) is 0 Å². The highest BCUT2D eigenvalue weighted by Crippen LogP contribution is 2.59. The van der Waals surface area contributed by atoms with Gasteiger partial charge in [0.05, 0.1) is 5.41 Å². The molecular formula is C15H24O2. The topological polar surface area (TPSA) is 26.3 Å². The lowest BCUT2D eigenvalue weighted by molar-refractivity contribution is -0.152. The van der Waals surface area contributed by atoms with Crippen molar-refractivity contribution < 1.29 is 9.53 Å². The molecule has 1 unspecified atom stereocenters. The molecule has 0 aromatic carbocycles. The number of hydrogen-bond acceptors (Lipinski definition) is 2. The highest BCUT2D eigenvalue weighted by atomic mass is 16.5. The van der Waals surface area contributed by atoms with E-state index in [1.807, 2.05) is 20.8 Å². The highest BCUT2D eigenvalue weighted by molar-refractivity contribution is 5.75. The van der Waals surface area contributed by atoms with Crippen molar-refractivity contribution in [2.75, 3.05) is 6.61 Å². The average Bonchev–Trinajstić information content (AvgIpc) is 2.24. The van der Waals surface area contributed by atoms with Gasteiger partial charge < -0.3 is 4.74 Å². The van der Waals surface area contributed by atoms with Crippen molar-refractivity contribution in [2.24, 2.45) is 22.7 Å². The number of carbonyl (C=O) groups is 1. The van der Waals surface area contributed by atoms with Gasteiger partial charge >= 0.3 is 5.97 Å². The highest BCUT2D eigenvalue weighted by Gasteiger charge is 2.51. The third kappa shape index (κ3) is 2.14. The van der Waals surface area contributed by atoms with Crippen LogP contribution >= 0.6 is 0 Å². The van der Waals surface area contributed by atoms with Crippen LogP contribution in [0.3, 0.4) is 0 Å². The summed E-state index contributed by atoms with van der Waals surface area (Å²) in [6.45, 7) is 10.9. The Hall–Kier alpha value is -0.790. The molecule has 0 aliphatic heterocycles. The molecule has 0 heterocycles. The molecule has 0 aromatic heterocycles. The van der Waals surface area contributed by atoms with Crippen LogP contribution < -0.4 is 0 Å². The predicted molar refractivity (Wildman–Crippen MR) is 68.5 cm³/mol. The van der Waals surface area contributed by atoms with Gasteiger partial charge in [-0.1, -0.05) is 19.9 Å². The van der Waals surface area contributed by atoms with Gasteiger partial charge in [-0.15, -0.1) is 0 Å². The van der Waals surface area contributed by atoms with E-state index in [4.69, 9.17) is 4.74 Å². The summed E-state index contributed by atoms with van der Waals surface area (Å²) in [6, 6.07) is 0. The Kier molecular flexibility index (Phi) is 2.87. The third-order valence-electron chi connectivity index (χ3n) is 4.56. The van der Waals surface area contributed by atoms with Crippen LogP contribution in [0.25, 0.3) is 0 Å². The second-order valence-corrected chi connectivity index (χ2v) is 7.15. The first-order valence-corrected chi connectivity index (χ1v) is 6.59. The first-order chi connectivity index (χ1) is 7.73. The van der Waals surface area contributed by atoms with Gasteiger partial charge in [-0.2, -0.15) is 0 Å². The molecular weight excluding hydrogens is 212 g/mol. The van der Waals surface area contributed by atoms with Gasteiger partial charge in [-0.05, 0) is 56.4 Å². The zero-order valence-corrected chi connectivity index (χ0v) is 11.7. The van der Waals surface area contributed by atoms with Crippen molar-refractivity contribution in [1.29, 1.82) is 0 Å². The van der Waals surface area contributed by atoms with E-state index in [2.05, 4.69) is 19.9 Å². The van der Waals surface area contributed by atoms with Gasteiger partial charge in [0.1, 0.15) is 6.61 Å². The number of carbonyl (C=O) groups excluding carboxylic acids is 1. The molecule has 0 N–H and O–H groups in total. The van der Waals surface area contributed by atoms with E-state index in [9.17, 15) is 4.79 Å². The van der Waals surface area contributed by atoms with Gasteiger partial charge in [-0.25, -0.2) is 0 Å². The Balaban J connectivity index is 1.93. The maximum absolute atomic E-state index is 11.7. The van der Waals surface area contributed by atoms with Gasteiger partial charge in [0.25, 0.3) is 0 Å². The number of fused-ring (bicyclic) bond motifs is 1. The van der Waals surface area contributed by atoms with E-state index in [0.717, 1.165) is 12.3 Å². The summed E-state index contributed by atoms with van der Waals surface area (Å²) in [5.74, 6) is 1.38. The van der Waals surface area contributed by atoms with E-state index in [0.29, 0.717) is 17.9 Å². The number of rotatable bonds is 2. The molecule has 17 heavy (non-hydrogen) atoms. The van der Waals surface area contributed by atoms with Gasteiger partial charge in [0.2, 0.25) is 0 Å². The molecule has 1 fully saturated rings. The van der Waals surface area contributed by atoms with Crippen LogP contribution in [-0.4, -0.2) is 12.6 Å². The van der Waals surface area contributed by atoms with Crippen molar-refractivity contribution in [3.05, 3.63) is 11.6 Å². The van der Waals surface area contributed by atoms with Crippen LogP contribution in [0, 0.1) is 22.7 Å². The third-order valence-corrected chi connectivity index (χ3v) is 4.56. The minimum Gasteiger partial charge on any atom is -0.461 e. The summed E-state index contributed by atoms with van der Waals surface area (Å²) < 4.78 is 5.43. The standard InChI is InChI=1S/C15H24O2/c1-14(2,3)13(16)17-9-10-6-7-11-8-12(10)15(11,4)5/h6,11-12H,7-9H2,1-5H3/t11-,12?/m1/s1. The zero-order valence-electron chi connectivity index (χ0n) is 11.7. The molecule has 0 spiro atoms. The minimum atomic E-state index is -0.396. The summed E-state index contributed by atoms with van der Waals surface area (Å²) >= 11 is 0. The molecule has 96 valence electrons. The second-order valence-electron chi connectivity index (χ2n) is 7.15. The van der Waals surface area contributed by atoms with Crippen molar-refractivity contribution in [2.45, 2.75) is 47.5 Å². The molecule has 3 aliphatic rings. The lowest BCUT2D eigenvalue weighted by atomic mass is 9.49. The average molecular weight is 236 g/mol. The van der Waals surface area contributed by atoms with Crippen LogP contribution in [0.15, 0.2) is 11.6 Å². The van der Waals surface area contributed by atoms with E-state index >= 15 is 0 Å². The van der Waals surface area contributed by atoms with Gasteiger partial charge in [0.15, 0.2) is 0 Å². The fraction of sp³-hybridized carbons (Fsp3) is 0.800. The minimum absolute atomic E-state index is 0.0994. The van der Waals surface area contributed by atoms with Crippen LogP contribution in [-0.2, 0) is 9.53 Å². The smallest absolute Gasteiger partial charge is 0.311 e. The van der Waals surface area contributed by atoms with E-state index < -0.39 is 5.41 Å². The molecule has 0 radical (unpaired) electrons. The summed E-state index contributed by atoms with van der Waals surface area (Å²) in [5, 5.41) is 0. The van der Waals surface area contributed by atoms with Crippen molar-refractivity contribution >= 4 is 5.97 Å². The molecule has 1 saturated carbocycles. The Morgan fingerprint density at radius 2 is 2.12 bits per heavy atom. The molecule has 3 aliphatic carbocycles. The van der Waals surface area contributed by atoms with Gasteiger partial charge in [0, 0.05) is 0 Å². The first-order valence-electron chi connectivity index (χ1n) is 6.59. The molecule has 0 amide bonds. The Morgan fingerprint density at radius 3 is 2.59 bits per heavy atom. The van der Waals surface area contributed by atoms with E-state index in [1.165, 1.54) is 12.0 Å². The van der Waals surface area contributed by atoms with Gasteiger partial charge in [-0.3, -0.25) is 4.79 Å². The lowest BCUT2D eigenvalue weighted by Crippen LogP contribution is -2.48. The summed E-state index contributed by atoms with van der Waals surface area (Å²) in [6.07, 6.45) is 4.73. The lowest BCUT2D eigenvalue weighted by Gasteiger charge is -2.56. The molecule has 3 rings (SSSR count). The molecule has 2 nitrogen and oxygen atoms in total. The summed E-state index contributed by atoms with van der Waals surface area (Å²) in [4.78, 5) is 11.7. The van der Waals surface area contributed by atoms with Crippen LogP contribution in [0.2, 0.25) is 0 Å². The maximum Gasteiger partial charge on any atom is 0.311 e. The monoisotopic (exact) mass is 236 g/mol. The second kappa shape index (κ2) is 3.86. The number of esters is 1. The Labute approximate surface area is 104 Å². The van der Waals surface area contributed by atoms with Crippen molar-refractivity contribution in [3.63, 3.8) is 0 Å². The summed E-state index contributed by atoms with van der Waals surface area (Å²) in [7, 11) is 0. The predicted octanol–water partition coefficient (Wildman–Crippen LogP) is 3.57. The molecule has 0 saturated heterocycles. The Morgan fingerprint density at radius 1 is 1.47 bits per heavy atom. The van der Waals surface area contributed by atoms with Crippen LogP contribution in [0.1, 0.15) is 47.5 Å². The fourth-order valence-electron chi connectivity index (χ4n) is 3.01. The van der Waals surface area contributed by atoms with Crippen molar-refractivity contribution in [3.8, 4) is 0 Å². The quantitative estimate of drug-likeness (QED) is 0.541. The number of ether oxygens (including phenoxy) is 1.